The highest BCUT2D eigenvalue weighted by Crippen LogP contribution is 2.35. The molecule has 1 atom stereocenters. The average Bonchev–Trinajstić information content (AvgIpc) is 2.41. The van der Waals surface area contributed by atoms with Crippen molar-refractivity contribution in [3.63, 3.8) is 0 Å². The summed E-state index contributed by atoms with van der Waals surface area (Å²) in [5.41, 5.74) is 1.37. The SMILES string of the molecule is COc1cc(Br)ccc1C(Br)Cc1ccc(F)cc1F. The van der Waals surface area contributed by atoms with Gasteiger partial charge in [0, 0.05) is 20.9 Å². The monoisotopic (exact) mass is 404 g/mol. The zero-order chi connectivity index (χ0) is 14.7. The molecule has 5 heteroatoms. The van der Waals surface area contributed by atoms with E-state index >= 15 is 0 Å². The second kappa shape index (κ2) is 6.68. The Hall–Kier alpha value is -0.940. The fraction of sp³-hybridized carbons (Fsp3) is 0.200. The summed E-state index contributed by atoms with van der Waals surface area (Å²) in [6.07, 6.45) is 0.407. The van der Waals surface area contributed by atoms with Crippen LogP contribution in [-0.4, -0.2) is 7.11 Å². The number of rotatable bonds is 4. The van der Waals surface area contributed by atoms with E-state index in [9.17, 15) is 8.78 Å². The van der Waals surface area contributed by atoms with Gasteiger partial charge in [-0.15, -0.1) is 0 Å². The highest BCUT2D eigenvalue weighted by atomic mass is 79.9. The van der Waals surface area contributed by atoms with E-state index in [1.165, 1.54) is 12.1 Å². The Kier molecular flexibility index (Phi) is 5.16. The van der Waals surface area contributed by atoms with Crippen molar-refractivity contribution in [2.24, 2.45) is 0 Å². The third-order valence-electron chi connectivity index (χ3n) is 2.95. The van der Waals surface area contributed by atoms with Crippen LogP contribution in [0.5, 0.6) is 5.75 Å². The molecule has 0 aliphatic rings. The molecular weight excluding hydrogens is 394 g/mol. The zero-order valence-electron chi connectivity index (χ0n) is 10.7. The molecule has 1 unspecified atom stereocenters. The summed E-state index contributed by atoms with van der Waals surface area (Å²) in [7, 11) is 1.59. The summed E-state index contributed by atoms with van der Waals surface area (Å²) in [6.45, 7) is 0. The summed E-state index contributed by atoms with van der Waals surface area (Å²) in [6, 6.07) is 9.27. The van der Waals surface area contributed by atoms with E-state index in [-0.39, 0.29) is 4.83 Å². The van der Waals surface area contributed by atoms with Crippen LogP contribution in [0.1, 0.15) is 16.0 Å². The Morgan fingerprint density at radius 2 is 1.90 bits per heavy atom. The number of methoxy groups -OCH3 is 1. The normalized spacial score (nSPS) is 12.2. The first-order chi connectivity index (χ1) is 9.51. The van der Waals surface area contributed by atoms with Crippen molar-refractivity contribution in [2.45, 2.75) is 11.2 Å². The van der Waals surface area contributed by atoms with Gasteiger partial charge in [0.05, 0.1) is 7.11 Å². The fourth-order valence-electron chi connectivity index (χ4n) is 1.93. The number of alkyl halides is 1. The van der Waals surface area contributed by atoms with Gasteiger partial charge < -0.3 is 4.74 Å². The first-order valence-electron chi connectivity index (χ1n) is 5.92. The van der Waals surface area contributed by atoms with Crippen molar-refractivity contribution < 1.29 is 13.5 Å². The van der Waals surface area contributed by atoms with Gasteiger partial charge in [-0.05, 0) is 30.2 Å². The number of ether oxygens (including phenoxy) is 1. The highest BCUT2D eigenvalue weighted by Gasteiger charge is 2.16. The van der Waals surface area contributed by atoms with Gasteiger partial charge in [0.2, 0.25) is 0 Å². The predicted molar refractivity (Wildman–Crippen MR) is 82.4 cm³/mol. The van der Waals surface area contributed by atoms with E-state index in [1.807, 2.05) is 18.2 Å². The Morgan fingerprint density at radius 3 is 2.55 bits per heavy atom. The zero-order valence-corrected chi connectivity index (χ0v) is 13.8. The summed E-state index contributed by atoms with van der Waals surface area (Å²) in [5.74, 6) is -0.395. The summed E-state index contributed by atoms with van der Waals surface area (Å²) in [5, 5.41) is 0. The minimum absolute atomic E-state index is 0.120. The van der Waals surface area contributed by atoms with Gasteiger partial charge in [-0.2, -0.15) is 0 Å². The van der Waals surface area contributed by atoms with Crippen LogP contribution in [-0.2, 0) is 6.42 Å². The summed E-state index contributed by atoms with van der Waals surface area (Å²) >= 11 is 6.91. The fourth-order valence-corrected chi connectivity index (χ4v) is 3.00. The molecule has 0 bridgehead atoms. The van der Waals surface area contributed by atoms with E-state index in [2.05, 4.69) is 31.9 Å². The summed E-state index contributed by atoms with van der Waals surface area (Å²) in [4.78, 5) is -0.120. The molecule has 2 aromatic carbocycles. The second-order valence-electron chi connectivity index (χ2n) is 4.29. The Bertz CT molecular complexity index is 617. The molecule has 0 fully saturated rings. The van der Waals surface area contributed by atoms with E-state index in [4.69, 9.17) is 4.74 Å². The van der Waals surface area contributed by atoms with Gasteiger partial charge >= 0.3 is 0 Å². The number of hydrogen-bond donors (Lipinski definition) is 0. The van der Waals surface area contributed by atoms with Crippen LogP contribution in [0.2, 0.25) is 0 Å². The molecule has 0 saturated carbocycles. The van der Waals surface area contributed by atoms with Crippen LogP contribution in [0.4, 0.5) is 8.78 Å². The lowest BCUT2D eigenvalue weighted by atomic mass is 10.0. The number of hydrogen-bond acceptors (Lipinski definition) is 1. The van der Waals surface area contributed by atoms with Crippen LogP contribution in [0.25, 0.3) is 0 Å². The van der Waals surface area contributed by atoms with Gasteiger partial charge in [-0.3, -0.25) is 0 Å². The Balaban J connectivity index is 2.25. The van der Waals surface area contributed by atoms with E-state index in [1.54, 1.807) is 7.11 Å². The van der Waals surface area contributed by atoms with Crippen LogP contribution < -0.4 is 4.74 Å². The van der Waals surface area contributed by atoms with Gasteiger partial charge in [0.15, 0.2) is 0 Å². The van der Waals surface area contributed by atoms with Crippen molar-refractivity contribution in [1.29, 1.82) is 0 Å². The first-order valence-corrected chi connectivity index (χ1v) is 7.63. The summed E-state index contributed by atoms with van der Waals surface area (Å²) < 4.78 is 32.8. The standard InChI is InChI=1S/C15H12Br2F2O/c1-20-15-7-10(16)3-5-12(15)13(17)6-9-2-4-11(18)8-14(9)19/h2-5,7-8,13H,6H2,1H3. The molecular formula is C15H12Br2F2O. The largest absolute Gasteiger partial charge is 0.496 e. The van der Waals surface area contributed by atoms with Gasteiger partial charge in [0.25, 0.3) is 0 Å². The lowest BCUT2D eigenvalue weighted by Gasteiger charge is -2.15. The minimum Gasteiger partial charge on any atom is -0.496 e. The second-order valence-corrected chi connectivity index (χ2v) is 6.31. The van der Waals surface area contributed by atoms with Crippen LogP contribution in [0.3, 0.4) is 0 Å². The minimum atomic E-state index is -0.571. The average molecular weight is 406 g/mol. The van der Waals surface area contributed by atoms with E-state index < -0.39 is 11.6 Å². The molecule has 1 nitrogen and oxygen atoms in total. The van der Waals surface area contributed by atoms with Crippen molar-refractivity contribution >= 4 is 31.9 Å². The maximum absolute atomic E-state index is 13.7. The topological polar surface area (TPSA) is 9.23 Å². The predicted octanol–water partition coefficient (Wildman–Crippen LogP) is 5.41. The molecule has 106 valence electrons. The van der Waals surface area contributed by atoms with Crippen molar-refractivity contribution in [2.75, 3.05) is 7.11 Å². The molecule has 0 aliphatic carbocycles. The quantitative estimate of drug-likeness (QED) is 0.617. The van der Waals surface area contributed by atoms with E-state index in [0.717, 1.165) is 16.1 Å². The molecule has 2 aromatic rings. The Labute approximate surface area is 133 Å². The van der Waals surface area contributed by atoms with Gasteiger partial charge in [0.1, 0.15) is 17.4 Å². The third-order valence-corrected chi connectivity index (χ3v) is 4.26. The number of halogens is 4. The lowest BCUT2D eigenvalue weighted by Crippen LogP contribution is -2.01. The van der Waals surface area contributed by atoms with Crippen LogP contribution in [0.15, 0.2) is 40.9 Å². The van der Waals surface area contributed by atoms with Crippen molar-refractivity contribution in [3.05, 3.63) is 63.6 Å². The highest BCUT2D eigenvalue weighted by molar-refractivity contribution is 9.10. The molecule has 0 aromatic heterocycles. The third kappa shape index (κ3) is 3.58. The molecule has 0 heterocycles. The van der Waals surface area contributed by atoms with Crippen LogP contribution >= 0.6 is 31.9 Å². The van der Waals surface area contributed by atoms with Gasteiger partial charge in [-0.1, -0.05) is 44.0 Å². The maximum Gasteiger partial charge on any atom is 0.129 e. The Morgan fingerprint density at radius 1 is 1.15 bits per heavy atom. The molecule has 0 radical (unpaired) electrons. The van der Waals surface area contributed by atoms with Gasteiger partial charge in [-0.25, -0.2) is 8.78 Å². The van der Waals surface area contributed by atoms with Crippen LogP contribution in [0, 0.1) is 11.6 Å². The lowest BCUT2D eigenvalue weighted by molar-refractivity contribution is 0.409. The molecule has 0 spiro atoms. The molecule has 2 rings (SSSR count). The van der Waals surface area contributed by atoms with Crippen molar-refractivity contribution in [3.8, 4) is 5.75 Å². The molecule has 20 heavy (non-hydrogen) atoms. The molecule has 0 amide bonds. The first kappa shape index (κ1) is 15.4. The smallest absolute Gasteiger partial charge is 0.129 e. The van der Waals surface area contributed by atoms with E-state index in [0.29, 0.717) is 17.7 Å². The molecule has 0 aliphatic heterocycles. The molecule has 0 saturated heterocycles. The number of benzene rings is 2. The van der Waals surface area contributed by atoms with Crippen molar-refractivity contribution in [1.82, 2.24) is 0 Å². The maximum atomic E-state index is 13.7. The molecule has 0 N–H and O–H groups in total.